The molecule has 4 amide bonds. The van der Waals surface area contributed by atoms with Crippen molar-refractivity contribution in [3.63, 3.8) is 0 Å². The van der Waals surface area contributed by atoms with Gasteiger partial charge in [0.15, 0.2) is 0 Å². The van der Waals surface area contributed by atoms with Gasteiger partial charge >= 0.3 is 6.03 Å². The van der Waals surface area contributed by atoms with Gasteiger partial charge in [0.25, 0.3) is 5.91 Å². The Bertz CT molecular complexity index is 1000. The maximum Gasteiger partial charge on any atom is 0.332 e. The summed E-state index contributed by atoms with van der Waals surface area (Å²) in [4.78, 5) is 43.5. The molecule has 0 bridgehead atoms. The molecule has 2 atom stereocenters. The van der Waals surface area contributed by atoms with Crippen LogP contribution in [0.2, 0.25) is 0 Å². The van der Waals surface area contributed by atoms with Crippen molar-refractivity contribution in [3.05, 3.63) is 54.1 Å². The number of nitrogens with zero attached hydrogens (tertiary/aromatic N) is 3. The number of benzene rings is 2. The molecule has 2 aliphatic rings. The van der Waals surface area contributed by atoms with E-state index in [-0.39, 0.29) is 5.91 Å². The van der Waals surface area contributed by atoms with E-state index in [0.29, 0.717) is 24.6 Å². The first-order valence-corrected chi connectivity index (χ1v) is 10.8. The molecule has 4 rings (SSSR count). The highest BCUT2D eigenvalue weighted by Crippen LogP contribution is 2.28. The second-order valence-corrected chi connectivity index (χ2v) is 8.18. The predicted octanol–water partition coefficient (Wildman–Crippen LogP) is 3.02. The average Bonchev–Trinajstić information content (AvgIpc) is 3.03. The number of carbonyl (C=O) groups excluding carboxylic acids is 3. The fraction of sp³-hybridized carbons (Fsp3) is 0.375. The molecule has 1 N–H and O–H groups in total. The van der Waals surface area contributed by atoms with Gasteiger partial charge < -0.3 is 15.0 Å². The zero-order chi connectivity index (χ0) is 22.8. The summed E-state index contributed by atoms with van der Waals surface area (Å²) >= 11 is 0. The third kappa shape index (κ3) is 4.18. The topological polar surface area (TPSA) is 82.2 Å². The van der Waals surface area contributed by atoms with Crippen LogP contribution in [-0.2, 0) is 14.3 Å². The zero-order valence-corrected chi connectivity index (χ0v) is 18.6. The van der Waals surface area contributed by atoms with Crippen molar-refractivity contribution < 1.29 is 19.1 Å². The third-order valence-electron chi connectivity index (χ3n) is 5.98. The number of amides is 4. The molecule has 168 valence electrons. The first-order chi connectivity index (χ1) is 15.4. The molecule has 8 nitrogen and oxygen atoms in total. The Kier molecular flexibility index (Phi) is 6.14. The van der Waals surface area contributed by atoms with Crippen LogP contribution in [0.25, 0.3) is 0 Å². The minimum absolute atomic E-state index is 0.388. The minimum atomic E-state index is -0.938. The monoisotopic (exact) mass is 436 g/mol. The summed E-state index contributed by atoms with van der Waals surface area (Å²) in [5, 5.41) is 2.82. The van der Waals surface area contributed by atoms with Gasteiger partial charge in [0.1, 0.15) is 12.1 Å². The van der Waals surface area contributed by atoms with E-state index in [2.05, 4.69) is 10.2 Å². The van der Waals surface area contributed by atoms with Gasteiger partial charge in [-0.25, -0.2) is 9.69 Å². The van der Waals surface area contributed by atoms with E-state index in [9.17, 15) is 14.4 Å². The Hall–Kier alpha value is -3.39. The van der Waals surface area contributed by atoms with Crippen LogP contribution in [0.5, 0.6) is 0 Å². The van der Waals surface area contributed by atoms with Gasteiger partial charge in [-0.3, -0.25) is 14.5 Å². The standard InChI is InChI=1S/C24H28N4O4/c1-16-4-8-21(9-5-16)27-18(3)23(30)28(24(27)31)17(2)22(29)25-19-6-10-20(11-7-19)26-12-14-32-15-13-26/h4-11,17-18H,12-15H2,1-3H3,(H,25,29). The predicted molar refractivity (Wildman–Crippen MR) is 123 cm³/mol. The number of ether oxygens (including phenoxy) is 1. The number of carbonyl (C=O) groups is 3. The number of rotatable bonds is 5. The van der Waals surface area contributed by atoms with Crippen molar-refractivity contribution in [2.75, 3.05) is 41.4 Å². The van der Waals surface area contributed by atoms with Crippen LogP contribution in [0.3, 0.4) is 0 Å². The molecule has 2 heterocycles. The van der Waals surface area contributed by atoms with Crippen molar-refractivity contribution in [3.8, 4) is 0 Å². The number of hydrogen-bond donors (Lipinski definition) is 1. The molecular formula is C24H28N4O4. The number of anilines is 3. The number of morpholine rings is 1. The van der Waals surface area contributed by atoms with Crippen LogP contribution in [0, 0.1) is 6.92 Å². The summed E-state index contributed by atoms with van der Waals surface area (Å²) in [7, 11) is 0. The Morgan fingerprint density at radius 2 is 1.59 bits per heavy atom. The van der Waals surface area contributed by atoms with E-state index >= 15 is 0 Å². The van der Waals surface area contributed by atoms with Crippen molar-refractivity contribution in [1.29, 1.82) is 0 Å². The van der Waals surface area contributed by atoms with Crippen LogP contribution in [-0.4, -0.2) is 61.1 Å². The third-order valence-corrected chi connectivity index (χ3v) is 5.98. The molecule has 0 aliphatic carbocycles. The van der Waals surface area contributed by atoms with Gasteiger partial charge in [0, 0.05) is 30.2 Å². The smallest absolute Gasteiger partial charge is 0.332 e. The summed E-state index contributed by atoms with van der Waals surface area (Å²) < 4.78 is 5.38. The molecule has 2 fully saturated rings. The van der Waals surface area contributed by atoms with Crippen LogP contribution in [0.1, 0.15) is 19.4 Å². The molecule has 0 aromatic heterocycles. The second-order valence-electron chi connectivity index (χ2n) is 8.18. The highest BCUT2D eigenvalue weighted by atomic mass is 16.5. The number of imide groups is 1. The molecule has 0 spiro atoms. The van der Waals surface area contributed by atoms with Gasteiger partial charge in [0.2, 0.25) is 5.91 Å². The zero-order valence-electron chi connectivity index (χ0n) is 18.6. The molecular weight excluding hydrogens is 408 g/mol. The molecule has 0 saturated carbocycles. The largest absolute Gasteiger partial charge is 0.378 e. The maximum atomic E-state index is 13.1. The Morgan fingerprint density at radius 1 is 1.00 bits per heavy atom. The lowest BCUT2D eigenvalue weighted by atomic mass is 10.2. The number of hydrogen-bond acceptors (Lipinski definition) is 5. The average molecular weight is 437 g/mol. The molecule has 2 aliphatic heterocycles. The van der Waals surface area contributed by atoms with Crippen LogP contribution < -0.4 is 15.1 Å². The van der Waals surface area contributed by atoms with Crippen LogP contribution in [0.15, 0.2) is 48.5 Å². The second kappa shape index (κ2) is 9.00. The van der Waals surface area contributed by atoms with Crippen molar-refractivity contribution in [2.24, 2.45) is 0 Å². The first-order valence-electron chi connectivity index (χ1n) is 10.8. The summed E-state index contributed by atoms with van der Waals surface area (Å²) in [5.74, 6) is -0.801. The Labute approximate surface area is 187 Å². The van der Waals surface area contributed by atoms with E-state index in [4.69, 9.17) is 4.74 Å². The lowest BCUT2D eigenvalue weighted by Gasteiger charge is -2.29. The highest BCUT2D eigenvalue weighted by Gasteiger charge is 2.47. The minimum Gasteiger partial charge on any atom is -0.378 e. The van der Waals surface area contributed by atoms with Crippen LogP contribution >= 0.6 is 0 Å². The number of nitrogens with one attached hydrogen (secondary N) is 1. The Morgan fingerprint density at radius 3 is 2.22 bits per heavy atom. The van der Waals surface area contributed by atoms with Gasteiger partial charge in [-0.15, -0.1) is 0 Å². The Balaban J connectivity index is 1.44. The first kappa shape index (κ1) is 21.8. The van der Waals surface area contributed by atoms with E-state index in [0.717, 1.165) is 29.2 Å². The molecule has 2 unspecified atom stereocenters. The summed E-state index contributed by atoms with van der Waals surface area (Å²) in [5.41, 5.74) is 3.37. The van der Waals surface area contributed by atoms with E-state index < -0.39 is 24.0 Å². The lowest BCUT2D eigenvalue weighted by molar-refractivity contribution is -0.133. The SMILES string of the molecule is Cc1ccc(N2C(=O)N(C(C)C(=O)Nc3ccc(N4CCOCC4)cc3)C(=O)C2C)cc1. The van der Waals surface area contributed by atoms with E-state index in [1.54, 1.807) is 26.0 Å². The summed E-state index contributed by atoms with van der Waals surface area (Å²) in [6.07, 6.45) is 0. The fourth-order valence-electron chi connectivity index (χ4n) is 4.02. The van der Waals surface area contributed by atoms with Crippen molar-refractivity contribution in [2.45, 2.75) is 32.9 Å². The molecule has 2 aromatic rings. The van der Waals surface area contributed by atoms with Gasteiger partial charge in [-0.05, 0) is 57.2 Å². The summed E-state index contributed by atoms with van der Waals surface area (Å²) in [6.45, 7) is 8.26. The quantitative estimate of drug-likeness (QED) is 0.729. The van der Waals surface area contributed by atoms with Gasteiger partial charge in [0.05, 0.1) is 13.2 Å². The van der Waals surface area contributed by atoms with Crippen molar-refractivity contribution in [1.82, 2.24) is 4.90 Å². The number of aryl methyl sites for hydroxylation is 1. The lowest BCUT2D eigenvalue weighted by Crippen LogP contribution is -2.46. The maximum absolute atomic E-state index is 13.1. The summed E-state index contributed by atoms with van der Waals surface area (Å²) in [6, 6.07) is 12.8. The molecule has 2 aromatic carbocycles. The van der Waals surface area contributed by atoms with Crippen molar-refractivity contribution >= 4 is 34.9 Å². The molecule has 0 radical (unpaired) electrons. The molecule has 32 heavy (non-hydrogen) atoms. The molecule has 2 saturated heterocycles. The van der Waals surface area contributed by atoms with E-state index in [1.165, 1.54) is 4.90 Å². The number of urea groups is 1. The van der Waals surface area contributed by atoms with E-state index in [1.807, 2.05) is 43.3 Å². The van der Waals surface area contributed by atoms with Gasteiger partial charge in [-0.2, -0.15) is 0 Å². The fourth-order valence-corrected chi connectivity index (χ4v) is 4.02. The highest BCUT2D eigenvalue weighted by molar-refractivity contribution is 6.16. The normalized spacial score (nSPS) is 20.0. The molecule has 8 heteroatoms. The van der Waals surface area contributed by atoms with Gasteiger partial charge in [-0.1, -0.05) is 17.7 Å². The van der Waals surface area contributed by atoms with Crippen LogP contribution in [0.4, 0.5) is 21.9 Å².